The van der Waals surface area contributed by atoms with Gasteiger partial charge in [-0.3, -0.25) is 0 Å². The fraction of sp³-hybridized carbons (Fsp3) is 0.474. The molecule has 0 saturated carbocycles. The largest absolute Gasteiger partial charge is 0.619 e. The van der Waals surface area contributed by atoms with E-state index in [-0.39, 0.29) is 12.0 Å². The Labute approximate surface area is 158 Å². The van der Waals surface area contributed by atoms with Gasteiger partial charge in [0.1, 0.15) is 5.60 Å². The quantitative estimate of drug-likeness (QED) is 0.607. The Balaban J connectivity index is 1.55. The average Bonchev–Trinajstić information content (AvgIpc) is 3.09. The van der Waals surface area contributed by atoms with Crippen molar-refractivity contribution < 1.29 is 18.8 Å². The molecule has 3 heterocycles. The first-order chi connectivity index (χ1) is 12.8. The summed E-state index contributed by atoms with van der Waals surface area (Å²) in [5, 5.41) is 15.1. The maximum atomic E-state index is 12.1. The van der Waals surface area contributed by atoms with E-state index < -0.39 is 5.60 Å². The lowest BCUT2D eigenvalue weighted by Crippen LogP contribution is -2.41. The van der Waals surface area contributed by atoms with Crippen LogP contribution in [0, 0.1) is 5.21 Å². The molecular formula is C19H24N4O4. The number of ether oxygens (including phenoxy) is 1. The topological polar surface area (TPSA) is 95.4 Å². The van der Waals surface area contributed by atoms with E-state index >= 15 is 0 Å². The molecule has 3 rings (SSSR count). The minimum atomic E-state index is -0.491. The Hall–Kier alpha value is -2.90. The summed E-state index contributed by atoms with van der Waals surface area (Å²) in [4.78, 5) is 18.3. The second-order valence-electron chi connectivity index (χ2n) is 7.56. The minimum Gasteiger partial charge on any atom is -0.619 e. The molecule has 0 unspecified atom stereocenters. The second kappa shape index (κ2) is 7.77. The van der Waals surface area contributed by atoms with E-state index in [1.54, 1.807) is 23.1 Å². The number of likely N-dealkylation sites (tertiary alicyclic amines) is 1. The molecule has 0 bridgehead atoms. The molecule has 8 heteroatoms. The number of aromatic nitrogens is 3. The Morgan fingerprint density at radius 2 is 1.96 bits per heavy atom. The predicted octanol–water partition coefficient (Wildman–Crippen LogP) is 2.99. The van der Waals surface area contributed by atoms with Crippen LogP contribution >= 0.6 is 0 Å². The van der Waals surface area contributed by atoms with Crippen molar-refractivity contribution in [3.05, 3.63) is 47.0 Å². The van der Waals surface area contributed by atoms with Crippen molar-refractivity contribution in [1.29, 1.82) is 0 Å². The molecule has 0 N–H and O–H groups in total. The number of pyridine rings is 1. The zero-order chi connectivity index (χ0) is 19.4. The van der Waals surface area contributed by atoms with Gasteiger partial charge in [-0.2, -0.15) is 9.71 Å². The standard InChI is InChI=1S/C19H24N4O4/c1-19(2,3)26-18(24)22-10-8-15(9-11-22)17-20-16(27-21-17)5-4-14-6-12-23(25)13-7-14/h4-7,12-13,15H,8-11H2,1-3H3/b5-4+. The smallest absolute Gasteiger partial charge is 0.410 e. The lowest BCUT2D eigenvalue weighted by Gasteiger charge is -2.32. The van der Waals surface area contributed by atoms with Gasteiger partial charge < -0.3 is 19.4 Å². The molecule has 0 atom stereocenters. The molecule has 0 aliphatic carbocycles. The molecule has 8 nitrogen and oxygen atoms in total. The summed E-state index contributed by atoms with van der Waals surface area (Å²) >= 11 is 0. The summed E-state index contributed by atoms with van der Waals surface area (Å²) in [6, 6.07) is 3.40. The number of amides is 1. The first kappa shape index (κ1) is 18.9. The first-order valence-electron chi connectivity index (χ1n) is 8.98. The average molecular weight is 372 g/mol. The van der Waals surface area contributed by atoms with Gasteiger partial charge in [-0.15, -0.1) is 0 Å². The number of carbonyl (C=O) groups is 1. The summed E-state index contributed by atoms with van der Waals surface area (Å²) in [7, 11) is 0. The van der Waals surface area contributed by atoms with Gasteiger partial charge in [-0.05, 0) is 45.3 Å². The third kappa shape index (κ3) is 5.29. The molecule has 1 aliphatic rings. The molecule has 144 valence electrons. The van der Waals surface area contributed by atoms with Crippen LogP contribution in [0.25, 0.3) is 12.2 Å². The van der Waals surface area contributed by atoms with Crippen molar-refractivity contribution in [3.63, 3.8) is 0 Å². The van der Waals surface area contributed by atoms with Crippen molar-refractivity contribution in [2.75, 3.05) is 13.1 Å². The number of rotatable bonds is 3. The maximum Gasteiger partial charge on any atom is 0.410 e. The molecule has 1 fully saturated rings. The normalized spacial score (nSPS) is 16.0. The number of hydrogen-bond acceptors (Lipinski definition) is 6. The molecule has 0 aromatic carbocycles. The minimum absolute atomic E-state index is 0.158. The van der Waals surface area contributed by atoms with Crippen LogP contribution in [0.4, 0.5) is 4.79 Å². The van der Waals surface area contributed by atoms with Crippen molar-refractivity contribution in [2.45, 2.75) is 45.1 Å². The molecule has 1 saturated heterocycles. The van der Waals surface area contributed by atoms with Crippen LogP contribution in [0.15, 0.2) is 29.0 Å². The zero-order valence-electron chi connectivity index (χ0n) is 15.8. The lowest BCUT2D eigenvalue weighted by molar-refractivity contribution is -0.605. The predicted molar refractivity (Wildman–Crippen MR) is 98.4 cm³/mol. The van der Waals surface area contributed by atoms with E-state index in [1.165, 1.54) is 12.4 Å². The lowest BCUT2D eigenvalue weighted by atomic mass is 9.96. The van der Waals surface area contributed by atoms with E-state index in [9.17, 15) is 10.0 Å². The van der Waals surface area contributed by atoms with Crippen molar-refractivity contribution in [2.24, 2.45) is 0 Å². The fourth-order valence-corrected chi connectivity index (χ4v) is 2.83. The molecule has 1 aliphatic heterocycles. The van der Waals surface area contributed by atoms with Gasteiger partial charge >= 0.3 is 6.09 Å². The fourth-order valence-electron chi connectivity index (χ4n) is 2.83. The highest BCUT2D eigenvalue weighted by Gasteiger charge is 2.29. The molecule has 2 aromatic heterocycles. The number of piperidine rings is 1. The van der Waals surface area contributed by atoms with Crippen LogP contribution in [0.3, 0.4) is 0 Å². The van der Waals surface area contributed by atoms with Gasteiger partial charge in [-0.1, -0.05) is 5.16 Å². The van der Waals surface area contributed by atoms with Crippen molar-refractivity contribution in [3.8, 4) is 0 Å². The summed E-state index contributed by atoms with van der Waals surface area (Å²) in [6.45, 7) is 6.80. The third-order valence-electron chi connectivity index (χ3n) is 4.22. The van der Waals surface area contributed by atoms with E-state index in [2.05, 4.69) is 10.1 Å². The van der Waals surface area contributed by atoms with Crippen molar-refractivity contribution in [1.82, 2.24) is 15.0 Å². The molecule has 2 aromatic rings. The highest BCUT2D eigenvalue weighted by Crippen LogP contribution is 2.27. The molecule has 1 amide bonds. The van der Waals surface area contributed by atoms with Gasteiger partial charge in [0.15, 0.2) is 18.2 Å². The Bertz CT molecular complexity index is 800. The molecule has 0 spiro atoms. The highest BCUT2D eigenvalue weighted by molar-refractivity contribution is 5.68. The Kier molecular flexibility index (Phi) is 5.43. The summed E-state index contributed by atoms with van der Waals surface area (Å²) in [5.74, 6) is 1.23. The molecule has 27 heavy (non-hydrogen) atoms. The molecular weight excluding hydrogens is 348 g/mol. The van der Waals surface area contributed by atoms with E-state index in [0.29, 0.717) is 24.8 Å². The van der Waals surface area contributed by atoms with Gasteiger partial charge in [0.25, 0.3) is 5.89 Å². The summed E-state index contributed by atoms with van der Waals surface area (Å²) < 4.78 is 11.4. The van der Waals surface area contributed by atoms with Gasteiger partial charge in [0.05, 0.1) is 0 Å². The Morgan fingerprint density at radius 3 is 2.59 bits per heavy atom. The first-order valence-corrected chi connectivity index (χ1v) is 8.98. The number of carbonyl (C=O) groups excluding carboxylic acids is 1. The molecule has 0 radical (unpaired) electrons. The van der Waals surface area contributed by atoms with Crippen LogP contribution in [0.5, 0.6) is 0 Å². The highest BCUT2D eigenvalue weighted by atomic mass is 16.6. The van der Waals surface area contributed by atoms with Crippen molar-refractivity contribution >= 4 is 18.2 Å². The Morgan fingerprint density at radius 1 is 1.30 bits per heavy atom. The summed E-state index contributed by atoms with van der Waals surface area (Å²) in [6.07, 6.45) is 7.64. The second-order valence-corrected chi connectivity index (χ2v) is 7.56. The zero-order valence-corrected chi connectivity index (χ0v) is 15.8. The van der Waals surface area contributed by atoms with Crippen LogP contribution in [-0.2, 0) is 4.74 Å². The maximum absolute atomic E-state index is 12.1. The summed E-state index contributed by atoms with van der Waals surface area (Å²) in [5.41, 5.74) is 0.378. The third-order valence-corrected chi connectivity index (χ3v) is 4.22. The van der Waals surface area contributed by atoms with Gasteiger partial charge in [0, 0.05) is 37.2 Å². The number of hydrogen-bond donors (Lipinski definition) is 0. The van der Waals surface area contributed by atoms with Crippen LogP contribution < -0.4 is 4.73 Å². The van der Waals surface area contributed by atoms with Gasteiger partial charge in [-0.25, -0.2) is 4.79 Å². The monoisotopic (exact) mass is 372 g/mol. The van der Waals surface area contributed by atoms with Crippen LogP contribution in [0.1, 0.15) is 56.8 Å². The van der Waals surface area contributed by atoms with Gasteiger partial charge in [0.2, 0.25) is 0 Å². The van der Waals surface area contributed by atoms with E-state index in [0.717, 1.165) is 23.1 Å². The number of nitrogens with zero attached hydrogens (tertiary/aromatic N) is 4. The van der Waals surface area contributed by atoms with Crippen LogP contribution in [-0.4, -0.2) is 39.8 Å². The van der Waals surface area contributed by atoms with E-state index in [1.807, 2.05) is 26.8 Å². The van der Waals surface area contributed by atoms with E-state index in [4.69, 9.17) is 9.26 Å². The SMILES string of the molecule is CC(C)(C)OC(=O)N1CCC(c2noc(/C=C/c3cc[n+]([O-])cc3)n2)CC1. The van der Waals surface area contributed by atoms with Crippen LogP contribution in [0.2, 0.25) is 0 Å².